The summed E-state index contributed by atoms with van der Waals surface area (Å²) in [6.45, 7) is 1.39. The molecule has 0 radical (unpaired) electrons. The quantitative estimate of drug-likeness (QED) is 0.638. The van der Waals surface area contributed by atoms with E-state index in [2.05, 4.69) is 31.5 Å². The van der Waals surface area contributed by atoms with Gasteiger partial charge in [0.2, 0.25) is 5.76 Å². The summed E-state index contributed by atoms with van der Waals surface area (Å²) in [5.74, 6) is 0.722. The Labute approximate surface area is 140 Å². The number of aromatic nitrogens is 3. The van der Waals surface area contributed by atoms with E-state index in [-0.39, 0.29) is 11.6 Å². The minimum atomic E-state index is -0.256. The number of nitrogens with zero attached hydrogens (tertiary/aromatic N) is 3. The maximum Gasteiger partial charge on any atom is 0.273 e. The second-order valence-corrected chi connectivity index (χ2v) is 5.85. The number of hydrogen-bond acceptors (Lipinski definition) is 5. The molecule has 0 atom stereocenters. The van der Waals surface area contributed by atoms with E-state index in [0.717, 1.165) is 23.9 Å². The molecule has 0 unspecified atom stereocenters. The van der Waals surface area contributed by atoms with Gasteiger partial charge >= 0.3 is 0 Å². The highest BCUT2D eigenvalue weighted by Crippen LogP contribution is 2.20. The molecule has 0 aliphatic rings. The fourth-order valence-corrected chi connectivity index (χ4v) is 2.40. The largest absolute Gasteiger partial charge is 0.461 e. The summed E-state index contributed by atoms with van der Waals surface area (Å²) in [7, 11) is 0. The van der Waals surface area contributed by atoms with Gasteiger partial charge in [0.1, 0.15) is 0 Å². The SMILES string of the molecule is O=C(NCCCCn1cc(Br)cn1)c1cc(-c2ccco2)on1. The lowest BCUT2D eigenvalue weighted by molar-refractivity contribution is 0.0944. The number of carbonyl (C=O) groups is 1. The number of amides is 1. The van der Waals surface area contributed by atoms with Gasteiger partial charge in [-0.1, -0.05) is 5.16 Å². The first-order valence-electron chi connectivity index (χ1n) is 7.19. The Bertz CT molecular complexity index is 763. The molecule has 3 aromatic rings. The van der Waals surface area contributed by atoms with Crippen LogP contribution < -0.4 is 5.32 Å². The highest BCUT2D eigenvalue weighted by Gasteiger charge is 2.14. The molecule has 0 saturated carbocycles. The molecule has 7 nitrogen and oxygen atoms in total. The molecule has 3 rings (SSSR count). The summed E-state index contributed by atoms with van der Waals surface area (Å²) < 4.78 is 13.1. The van der Waals surface area contributed by atoms with Crippen LogP contribution in [0.25, 0.3) is 11.5 Å². The zero-order valence-electron chi connectivity index (χ0n) is 12.2. The van der Waals surface area contributed by atoms with Crippen molar-refractivity contribution in [2.45, 2.75) is 19.4 Å². The number of unbranched alkanes of at least 4 members (excludes halogenated alkanes) is 1. The van der Waals surface area contributed by atoms with Crippen molar-refractivity contribution in [2.24, 2.45) is 0 Å². The first-order valence-corrected chi connectivity index (χ1v) is 7.98. The summed E-state index contributed by atoms with van der Waals surface area (Å²) in [4.78, 5) is 12.0. The fourth-order valence-electron chi connectivity index (χ4n) is 2.07. The van der Waals surface area contributed by atoms with E-state index < -0.39 is 0 Å². The standard InChI is InChI=1S/C15H15BrN4O3/c16-11-9-18-20(10-11)6-2-1-5-17-15(21)12-8-14(23-19-12)13-4-3-7-22-13/h3-4,7-10H,1-2,5-6H2,(H,17,21). The first kappa shape index (κ1) is 15.5. The Hall–Kier alpha value is -2.35. The monoisotopic (exact) mass is 378 g/mol. The molecule has 3 aromatic heterocycles. The predicted molar refractivity (Wildman–Crippen MR) is 85.7 cm³/mol. The van der Waals surface area contributed by atoms with Crippen molar-refractivity contribution >= 4 is 21.8 Å². The van der Waals surface area contributed by atoms with Crippen LogP contribution in [-0.2, 0) is 6.54 Å². The number of furan rings is 1. The van der Waals surface area contributed by atoms with Crippen molar-refractivity contribution in [3.63, 3.8) is 0 Å². The molecule has 0 fully saturated rings. The Morgan fingerprint density at radius 1 is 1.35 bits per heavy atom. The molecule has 3 heterocycles. The normalized spacial score (nSPS) is 10.8. The van der Waals surface area contributed by atoms with Crippen LogP contribution in [0.5, 0.6) is 0 Å². The van der Waals surface area contributed by atoms with Crippen molar-refractivity contribution in [3.05, 3.63) is 47.0 Å². The maximum absolute atomic E-state index is 12.0. The molecule has 1 N–H and O–H groups in total. The van der Waals surface area contributed by atoms with Gasteiger partial charge in [-0.3, -0.25) is 9.48 Å². The zero-order chi connectivity index (χ0) is 16.1. The molecule has 1 amide bonds. The number of aryl methyl sites for hydroxylation is 1. The molecule has 120 valence electrons. The van der Waals surface area contributed by atoms with Crippen molar-refractivity contribution in [1.29, 1.82) is 0 Å². The number of halogens is 1. The second-order valence-electron chi connectivity index (χ2n) is 4.94. The van der Waals surface area contributed by atoms with Crippen LogP contribution in [0.3, 0.4) is 0 Å². The Morgan fingerprint density at radius 2 is 2.26 bits per heavy atom. The molecule has 0 aliphatic heterocycles. The fraction of sp³-hybridized carbons (Fsp3) is 0.267. The highest BCUT2D eigenvalue weighted by atomic mass is 79.9. The van der Waals surface area contributed by atoms with Crippen LogP contribution in [0, 0.1) is 0 Å². The van der Waals surface area contributed by atoms with E-state index in [0.29, 0.717) is 18.1 Å². The van der Waals surface area contributed by atoms with E-state index in [4.69, 9.17) is 8.94 Å². The van der Waals surface area contributed by atoms with Crippen molar-refractivity contribution < 1.29 is 13.7 Å². The van der Waals surface area contributed by atoms with Crippen LogP contribution in [-0.4, -0.2) is 27.4 Å². The Kier molecular flexibility index (Phi) is 4.92. The Balaban J connectivity index is 1.41. The minimum Gasteiger partial charge on any atom is -0.461 e. The summed E-state index contributed by atoms with van der Waals surface area (Å²) >= 11 is 3.35. The number of rotatable bonds is 7. The van der Waals surface area contributed by atoms with E-state index in [1.807, 2.05) is 10.9 Å². The lowest BCUT2D eigenvalue weighted by Gasteiger charge is -2.03. The van der Waals surface area contributed by atoms with Crippen LogP contribution in [0.1, 0.15) is 23.3 Å². The molecule has 0 spiro atoms. The van der Waals surface area contributed by atoms with Crippen LogP contribution in [0.4, 0.5) is 0 Å². The first-order chi connectivity index (χ1) is 11.2. The Morgan fingerprint density at radius 3 is 3.00 bits per heavy atom. The minimum absolute atomic E-state index is 0.243. The molecule has 0 saturated heterocycles. The van der Waals surface area contributed by atoms with E-state index >= 15 is 0 Å². The molecular formula is C15H15BrN4O3. The van der Waals surface area contributed by atoms with E-state index in [1.165, 1.54) is 6.26 Å². The number of carbonyl (C=O) groups excluding carboxylic acids is 1. The topological polar surface area (TPSA) is 86.1 Å². The molecular weight excluding hydrogens is 364 g/mol. The summed E-state index contributed by atoms with van der Waals surface area (Å²) in [6, 6.07) is 5.06. The molecule has 0 bridgehead atoms. The van der Waals surface area contributed by atoms with Gasteiger partial charge in [0.25, 0.3) is 5.91 Å². The lowest BCUT2D eigenvalue weighted by atomic mass is 10.3. The molecule has 0 aliphatic carbocycles. The van der Waals surface area contributed by atoms with Gasteiger partial charge in [0, 0.05) is 25.4 Å². The zero-order valence-corrected chi connectivity index (χ0v) is 13.8. The second kappa shape index (κ2) is 7.28. The van der Waals surface area contributed by atoms with Gasteiger partial charge < -0.3 is 14.3 Å². The van der Waals surface area contributed by atoms with E-state index in [1.54, 1.807) is 24.4 Å². The summed E-state index contributed by atoms with van der Waals surface area (Å²) in [5.41, 5.74) is 0.243. The number of nitrogens with one attached hydrogen (secondary N) is 1. The van der Waals surface area contributed by atoms with Crippen LogP contribution in [0.15, 0.2) is 50.3 Å². The van der Waals surface area contributed by atoms with Crippen LogP contribution in [0.2, 0.25) is 0 Å². The molecule has 23 heavy (non-hydrogen) atoms. The highest BCUT2D eigenvalue weighted by molar-refractivity contribution is 9.10. The number of hydrogen-bond donors (Lipinski definition) is 1. The lowest BCUT2D eigenvalue weighted by Crippen LogP contribution is -2.24. The third kappa shape index (κ3) is 4.10. The van der Waals surface area contributed by atoms with Gasteiger partial charge in [-0.15, -0.1) is 0 Å². The van der Waals surface area contributed by atoms with Gasteiger partial charge in [-0.05, 0) is 40.9 Å². The van der Waals surface area contributed by atoms with Crippen LogP contribution >= 0.6 is 15.9 Å². The predicted octanol–water partition coefficient (Wildman–Crippen LogP) is 3.10. The summed E-state index contributed by atoms with van der Waals surface area (Å²) in [6.07, 6.45) is 6.99. The van der Waals surface area contributed by atoms with Crippen molar-refractivity contribution in [2.75, 3.05) is 6.54 Å². The third-order valence-corrected chi connectivity index (χ3v) is 3.62. The van der Waals surface area contributed by atoms with Gasteiger partial charge in [0.15, 0.2) is 11.5 Å². The van der Waals surface area contributed by atoms with E-state index in [9.17, 15) is 4.79 Å². The molecule has 0 aromatic carbocycles. The van der Waals surface area contributed by atoms with Gasteiger partial charge in [0.05, 0.1) is 16.9 Å². The van der Waals surface area contributed by atoms with Crippen molar-refractivity contribution in [3.8, 4) is 11.5 Å². The smallest absolute Gasteiger partial charge is 0.273 e. The average molecular weight is 379 g/mol. The maximum atomic E-state index is 12.0. The average Bonchev–Trinajstić information content (AvgIpc) is 3.27. The molecule has 8 heteroatoms. The third-order valence-electron chi connectivity index (χ3n) is 3.21. The van der Waals surface area contributed by atoms with Crippen molar-refractivity contribution in [1.82, 2.24) is 20.3 Å². The van der Waals surface area contributed by atoms with Gasteiger partial charge in [-0.2, -0.15) is 5.10 Å². The van der Waals surface area contributed by atoms with Gasteiger partial charge in [-0.25, -0.2) is 0 Å². The summed E-state index contributed by atoms with van der Waals surface area (Å²) in [5, 5.41) is 10.7.